The molecule has 0 bridgehead atoms. The molecule has 0 spiro atoms. The molecule has 0 atom stereocenters. The van der Waals surface area contributed by atoms with Gasteiger partial charge in [-0.2, -0.15) is 5.26 Å². The smallest absolute Gasteiger partial charge is 0.147 e. The molecular formula is C6H11NO2S. The molecule has 0 aromatic rings. The summed E-state index contributed by atoms with van der Waals surface area (Å²) in [6.45, 7) is 0. The summed E-state index contributed by atoms with van der Waals surface area (Å²) in [6, 6.07) is 1.96. The van der Waals surface area contributed by atoms with Crippen molar-refractivity contribution < 1.29 is 8.42 Å². The zero-order valence-corrected chi connectivity index (χ0v) is 6.82. The van der Waals surface area contributed by atoms with Gasteiger partial charge in [-0.15, -0.1) is 0 Å². The van der Waals surface area contributed by atoms with Crippen molar-refractivity contribution in [2.75, 3.05) is 12.0 Å². The third kappa shape index (κ3) is 7.44. The molecular weight excluding hydrogens is 150 g/mol. The van der Waals surface area contributed by atoms with Gasteiger partial charge in [-0.3, -0.25) is 0 Å². The van der Waals surface area contributed by atoms with Crippen LogP contribution in [0.25, 0.3) is 0 Å². The molecule has 3 nitrogen and oxygen atoms in total. The van der Waals surface area contributed by atoms with Crippen LogP contribution in [-0.4, -0.2) is 20.4 Å². The van der Waals surface area contributed by atoms with Crippen LogP contribution in [0.4, 0.5) is 0 Å². The molecule has 0 aromatic heterocycles. The molecule has 0 aliphatic heterocycles. The minimum Gasteiger partial charge on any atom is -0.229 e. The monoisotopic (exact) mass is 161 g/mol. The van der Waals surface area contributed by atoms with E-state index in [1.165, 1.54) is 6.26 Å². The zero-order valence-electron chi connectivity index (χ0n) is 6.00. The predicted octanol–water partition coefficient (Wildman–Crippen LogP) is 0.725. The van der Waals surface area contributed by atoms with Crippen molar-refractivity contribution in [2.24, 2.45) is 0 Å². The van der Waals surface area contributed by atoms with Crippen LogP contribution in [0.5, 0.6) is 0 Å². The van der Waals surface area contributed by atoms with Crippen molar-refractivity contribution in [1.82, 2.24) is 0 Å². The molecule has 0 unspecified atom stereocenters. The highest BCUT2D eigenvalue weighted by Gasteiger charge is 1.99. The van der Waals surface area contributed by atoms with E-state index in [1.807, 2.05) is 6.07 Å². The van der Waals surface area contributed by atoms with Gasteiger partial charge in [-0.1, -0.05) is 0 Å². The molecule has 0 aromatic carbocycles. The standard InChI is InChI=1S/C6H11NO2S/c1-10(8,9)6-4-2-3-5-7/h2-4,6H2,1H3. The first-order valence-electron chi connectivity index (χ1n) is 3.11. The first-order chi connectivity index (χ1) is 4.56. The van der Waals surface area contributed by atoms with Crippen LogP contribution in [0.15, 0.2) is 0 Å². The first kappa shape index (κ1) is 9.44. The summed E-state index contributed by atoms with van der Waals surface area (Å²) in [5.74, 6) is 0.203. The molecule has 0 aliphatic rings. The Morgan fingerprint density at radius 2 is 2.00 bits per heavy atom. The largest absolute Gasteiger partial charge is 0.229 e. The number of hydrogen-bond acceptors (Lipinski definition) is 3. The van der Waals surface area contributed by atoms with Gasteiger partial charge < -0.3 is 0 Å². The molecule has 0 aliphatic carbocycles. The molecule has 58 valence electrons. The summed E-state index contributed by atoms with van der Waals surface area (Å²) in [5.41, 5.74) is 0. The van der Waals surface area contributed by atoms with Crippen molar-refractivity contribution in [3.05, 3.63) is 0 Å². The van der Waals surface area contributed by atoms with Crippen molar-refractivity contribution in [2.45, 2.75) is 19.3 Å². The lowest BCUT2D eigenvalue weighted by atomic mass is 10.3. The second kappa shape index (κ2) is 4.29. The Balaban J connectivity index is 3.32. The Labute approximate surface area is 61.6 Å². The van der Waals surface area contributed by atoms with Gasteiger partial charge >= 0.3 is 0 Å². The van der Waals surface area contributed by atoms with Crippen LogP contribution in [0, 0.1) is 11.3 Å². The van der Waals surface area contributed by atoms with Crippen LogP contribution < -0.4 is 0 Å². The molecule has 0 amide bonds. The Morgan fingerprint density at radius 1 is 1.40 bits per heavy atom. The maximum atomic E-state index is 10.5. The number of nitriles is 1. The van der Waals surface area contributed by atoms with Gasteiger partial charge in [0.1, 0.15) is 9.84 Å². The average molecular weight is 161 g/mol. The maximum Gasteiger partial charge on any atom is 0.147 e. The fraction of sp³-hybridized carbons (Fsp3) is 0.833. The van der Waals surface area contributed by atoms with E-state index in [9.17, 15) is 8.42 Å². The maximum absolute atomic E-state index is 10.5. The minimum absolute atomic E-state index is 0.203. The van der Waals surface area contributed by atoms with E-state index in [4.69, 9.17) is 5.26 Å². The molecule has 0 saturated heterocycles. The highest BCUT2D eigenvalue weighted by atomic mass is 32.2. The molecule has 0 heterocycles. The van der Waals surface area contributed by atoms with Gasteiger partial charge in [0.25, 0.3) is 0 Å². The second-order valence-electron chi connectivity index (χ2n) is 2.25. The normalized spacial score (nSPS) is 10.8. The van der Waals surface area contributed by atoms with Crippen molar-refractivity contribution in [3.63, 3.8) is 0 Å². The van der Waals surface area contributed by atoms with Gasteiger partial charge in [-0.25, -0.2) is 8.42 Å². The number of nitrogens with zero attached hydrogens (tertiary/aromatic N) is 1. The van der Waals surface area contributed by atoms with Gasteiger partial charge in [0.15, 0.2) is 0 Å². The summed E-state index contributed by atoms with van der Waals surface area (Å²) in [7, 11) is -2.81. The highest BCUT2D eigenvalue weighted by molar-refractivity contribution is 7.90. The average Bonchev–Trinajstić information content (AvgIpc) is 1.78. The topological polar surface area (TPSA) is 57.9 Å². The van der Waals surface area contributed by atoms with E-state index in [2.05, 4.69) is 0 Å². The molecule has 0 saturated carbocycles. The van der Waals surface area contributed by atoms with Gasteiger partial charge in [0.2, 0.25) is 0 Å². The fourth-order valence-electron chi connectivity index (χ4n) is 0.568. The second-order valence-corrected chi connectivity index (χ2v) is 4.50. The highest BCUT2D eigenvalue weighted by Crippen LogP contribution is 1.96. The zero-order chi connectivity index (χ0) is 8.04. The van der Waals surface area contributed by atoms with E-state index in [1.54, 1.807) is 0 Å². The Kier molecular flexibility index (Phi) is 4.05. The van der Waals surface area contributed by atoms with Gasteiger partial charge in [-0.05, 0) is 12.8 Å². The van der Waals surface area contributed by atoms with Crippen molar-refractivity contribution in [1.29, 1.82) is 5.26 Å². The summed E-state index contributed by atoms with van der Waals surface area (Å²) in [6.07, 6.45) is 2.95. The molecule has 10 heavy (non-hydrogen) atoms. The van der Waals surface area contributed by atoms with E-state index < -0.39 is 9.84 Å². The molecule has 0 fully saturated rings. The third-order valence-corrected chi connectivity index (χ3v) is 2.08. The molecule has 4 heteroatoms. The summed E-state index contributed by atoms with van der Waals surface area (Å²) in [5, 5.41) is 8.10. The van der Waals surface area contributed by atoms with Crippen LogP contribution in [0.1, 0.15) is 19.3 Å². The molecule has 0 radical (unpaired) electrons. The number of sulfone groups is 1. The Hall–Kier alpha value is -0.560. The molecule has 0 N–H and O–H groups in total. The summed E-state index contributed by atoms with van der Waals surface area (Å²) >= 11 is 0. The third-order valence-electron chi connectivity index (χ3n) is 1.05. The fourth-order valence-corrected chi connectivity index (χ4v) is 1.30. The van der Waals surface area contributed by atoms with Crippen molar-refractivity contribution in [3.8, 4) is 6.07 Å². The number of hydrogen-bond donors (Lipinski definition) is 0. The lowest BCUT2D eigenvalue weighted by Crippen LogP contribution is -2.02. The number of rotatable bonds is 4. The van der Waals surface area contributed by atoms with Crippen LogP contribution in [0.3, 0.4) is 0 Å². The minimum atomic E-state index is -2.81. The Morgan fingerprint density at radius 3 is 2.40 bits per heavy atom. The summed E-state index contributed by atoms with van der Waals surface area (Å²) in [4.78, 5) is 0. The van der Waals surface area contributed by atoms with Crippen molar-refractivity contribution >= 4 is 9.84 Å². The van der Waals surface area contributed by atoms with Crippen LogP contribution in [0.2, 0.25) is 0 Å². The lowest BCUT2D eigenvalue weighted by Gasteiger charge is -1.93. The van der Waals surface area contributed by atoms with Crippen LogP contribution >= 0.6 is 0 Å². The SMILES string of the molecule is CS(=O)(=O)CCCCC#N. The Bertz CT molecular complexity index is 212. The van der Waals surface area contributed by atoms with Gasteiger partial charge in [0, 0.05) is 18.4 Å². The van der Waals surface area contributed by atoms with E-state index >= 15 is 0 Å². The predicted molar refractivity (Wildman–Crippen MR) is 39.2 cm³/mol. The quantitative estimate of drug-likeness (QED) is 0.571. The van der Waals surface area contributed by atoms with Gasteiger partial charge in [0.05, 0.1) is 6.07 Å². The lowest BCUT2D eigenvalue weighted by molar-refractivity contribution is 0.597. The van der Waals surface area contributed by atoms with Crippen LogP contribution in [-0.2, 0) is 9.84 Å². The molecule has 0 rings (SSSR count). The van der Waals surface area contributed by atoms with E-state index in [0.717, 1.165) is 0 Å². The number of unbranched alkanes of at least 4 members (excludes halogenated alkanes) is 2. The summed E-state index contributed by atoms with van der Waals surface area (Å²) < 4.78 is 21.0. The van der Waals surface area contributed by atoms with E-state index in [0.29, 0.717) is 19.3 Å². The van der Waals surface area contributed by atoms with E-state index in [-0.39, 0.29) is 5.75 Å². The first-order valence-corrected chi connectivity index (χ1v) is 5.17.